The summed E-state index contributed by atoms with van der Waals surface area (Å²) >= 11 is 3.35. The van der Waals surface area contributed by atoms with E-state index in [9.17, 15) is 18.3 Å². The van der Waals surface area contributed by atoms with Crippen molar-refractivity contribution < 1.29 is 18.3 Å². The molecule has 1 aromatic carbocycles. The van der Waals surface area contributed by atoms with E-state index < -0.39 is 17.9 Å². The number of rotatable bonds is 7. The average molecular weight is 433 g/mol. The maximum absolute atomic E-state index is 13.1. The number of halogens is 4. The van der Waals surface area contributed by atoms with Crippen LogP contribution in [0.4, 0.5) is 24.9 Å². The van der Waals surface area contributed by atoms with E-state index in [1.165, 1.54) is 0 Å². The number of anilines is 2. The van der Waals surface area contributed by atoms with Gasteiger partial charge in [0.05, 0.1) is 12.6 Å². The van der Waals surface area contributed by atoms with Crippen LogP contribution in [0.3, 0.4) is 0 Å². The fourth-order valence-corrected chi connectivity index (χ4v) is 2.62. The van der Waals surface area contributed by atoms with Gasteiger partial charge in [-0.2, -0.15) is 18.2 Å². The Balaban J connectivity index is 2.25. The van der Waals surface area contributed by atoms with E-state index >= 15 is 0 Å². The van der Waals surface area contributed by atoms with Crippen molar-refractivity contribution in [3.05, 3.63) is 46.1 Å². The largest absolute Gasteiger partial charge is 0.433 e. The molecule has 1 heterocycles. The molecule has 0 amide bonds. The van der Waals surface area contributed by atoms with Gasteiger partial charge in [-0.25, -0.2) is 4.98 Å². The zero-order valence-electron chi connectivity index (χ0n) is 14.3. The van der Waals surface area contributed by atoms with Crippen LogP contribution in [0.5, 0.6) is 0 Å². The molecule has 9 heteroatoms. The summed E-state index contributed by atoms with van der Waals surface area (Å²) in [6.07, 6.45) is -4.60. The number of aliphatic hydroxyl groups is 1. The molecule has 5 nitrogen and oxygen atoms in total. The molecule has 0 saturated carbocycles. The van der Waals surface area contributed by atoms with Gasteiger partial charge in [-0.1, -0.05) is 41.9 Å². The van der Waals surface area contributed by atoms with E-state index in [-0.39, 0.29) is 24.3 Å². The third-order valence-corrected chi connectivity index (χ3v) is 4.19. The van der Waals surface area contributed by atoms with E-state index in [2.05, 4.69) is 36.5 Å². The monoisotopic (exact) mass is 432 g/mol. The Morgan fingerprint density at radius 2 is 1.92 bits per heavy atom. The van der Waals surface area contributed by atoms with Crippen LogP contribution in [0, 0.1) is 5.92 Å². The fourth-order valence-electron chi connectivity index (χ4n) is 2.18. The lowest BCUT2D eigenvalue weighted by molar-refractivity contribution is -0.141. The Morgan fingerprint density at radius 1 is 1.19 bits per heavy atom. The molecule has 3 N–H and O–H groups in total. The second-order valence-corrected chi connectivity index (χ2v) is 7.04. The van der Waals surface area contributed by atoms with Crippen LogP contribution in [-0.2, 0) is 12.7 Å². The lowest BCUT2D eigenvalue weighted by Gasteiger charge is -2.21. The smallest absolute Gasteiger partial charge is 0.394 e. The lowest BCUT2D eigenvalue weighted by Crippen LogP contribution is -2.30. The molecule has 0 fully saturated rings. The van der Waals surface area contributed by atoms with Gasteiger partial charge in [0.2, 0.25) is 5.95 Å². The van der Waals surface area contributed by atoms with Crippen LogP contribution < -0.4 is 10.6 Å². The molecule has 26 heavy (non-hydrogen) atoms. The van der Waals surface area contributed by atoms with Gasteiger partial charge < -0.3 is 15.7 Å². The number of hydrogen-bond acceptors (Lipinski definition) is 5. The summed E-state index contributed by atoms with van der Waals surface area (Å²) in [4.78, 5) is 7.64. The molecule has 0 saturated heterocycles. The second kappa shape index (κ2) is 8.68. The molecule has 0 unspecified atom stereocenters. The number of benzene rings is 1. The average Bonchev–Trinajstić information content (AvgIpc) is 2.57. The van der Waals surface area contributed by atoms with Crippen LogP contribution in [0.15, 0.2) is 34.8 Å². The molecule has 1 atom stereocenters. The zero-order valence-corrected chi connectivity index (χ0v) is 15.9. The van der Waals surface area contributed by atoms with Crippen LogP contribution in [0.1, 0.15) is 25.1 Å². The van der Waals surface area contributed by atoms with Crippen LogP contribution in [0.2, 0.25) is 0 Å². The zero-order chi connectivity index (χ0) is 19.3. The second-order valence-electron chi connectivity index (χ2n) is 6.12. The first-order chi connectivity index (χ1) is 12.2. The SMILES string of the molecule is CC(C)[C@@H](CO)Nc1nc(NCc2cccc(Br)c2)cc(C(F)(F)F)n1. The highest BCUT2D eigenvalue weighted by Crippen LogP contribution is 2.30. The molecule has 2 rings (SSSR count). The molecule has 0 aliphatic rings. The van der Waals surface area contributed by atoms with Crippen LogP contribution in [-0.4, -0.2) is 27.7 Å². The third kappa shape index (κ3) is 5.84. The van der Waals surface area contributed by atoms with Gasteiger partial charge in [0.15, 0.2) is 5.69 Å². The van der Waals surface area contributed by atoms with Gasteiger partial charge in [0.1, 0.15) is 5.82 Å². The molecule has 2 aromatic rings. The van der Waals surface area contributed by atoms with Crippen molar-refractivity contribution in [3.63, 3.8) is 0 Å². The molecular formula is C17H20BrF3N4O. The van der Waals surface area contributed by atoms with Crippen molar-refractivity contribution in [1.82, 2.24) is 9.97 Å². The number of aromatic nitrogens is 2. The van der Waals surface area contributed by atoms with Gasteiger partial charge in [-0.15, -0.1) is 0 Å². The highest BCUT2D eigenvalue weighted by molar-refractivity contribution is 9.10. The standard InChI is InChI=1S/C17H20BrF3N4O/c1-10(2)13(9-26)23-16-24-14(17(19,20)21)7-15(25-16)22-8-11-4-3-5-12(18)6-11/h3-7,10,13,26H,8-9H2,1-2H3,(H2,22,23,24,25)/t13-/m1/s1. The number of aliphatic hydroxyl groups excluding tert-OH is 1. The van der Waals surface area contributed by atoms with Gasteiger partial charge in [-0.05, 0) is 23.6 Å². The number of nitrogens with one attached hydrogen (secondary N) is 2. The molecule has 0 radical (unpaired) electrons. The Morgan fingerprint density at radius 3 is 2.50 bits per heavy atom. The van der Waals surface area contributed by atoms with Gasteiger partial charge in [0.25, 0.3) is 0 Å². The minimum atomic E-state index is -4.60. The minimum absolute atomic E-state index is 0.00350. The van der Waals surface area contributed by atoms with Crippen LogP contribution in [0.25, 0.3) is 0 Å². The molecule has 0 spiro atoms. The number of nitrogens with zero attached hydrogens (tertiary/aromatic N) is 2. The van der Waals surface area contributed by atoms with Crippen molar-refractivity contribution in [2.45, 2.75) is 32.6 Å². The normalized spacial score (nSPS) is 12.9. The van der Waals surface area contributed by atoms with E-state index in [0.717, 1.165) is 16.1 Å². The maximum atomic E-state index is 13.1. The lowest BCUT2D eigenvalue weighted by atomic mass is 10.1. The van der Waals surface area contributed by atoms with E-state index in [1.54, 1.807) is 0 Å². The summed E-state index contributed by atoms with van der Waals surface area (Å²) in [6, 6.07) is 7.83. The molecule has 1 aromatic heterocycles. The number of hydrogen-bond donors (Lipinski definition) is 3. The fraction of sp³-hybridized carbons (Fsp3) is 0.412. The van der Waals surface area contributed by atoms with Crippen LogP contribution >= 0.6 is 15.9 Å². The molecule has 142 valence electrons. The molecule has 0 aliphatic carbocycles. The summed E-state index contributed by atoms with van der Waals surface area (Å²) in [7, 11) is 0. The highest BCUT2D eigenvalue weighted by Gasteiger charge is 2.34. The first-order valence-electron chi connectivity index (χ1n) is 8.01. The summed E-state index contributed by atoms with van der Waals surface area (Å²) in [5.41, 5.74) is -0.163. The molecule has 0 aliphatic heterocycles. The number of alkyl halides is 3. The summed E-state index contributed by atoms with van der Waals surface area (Å²) < 4.78 is 40.3. The van der Waals surface area contributed by atoms with Crippen molar-refractivity contribution in [1.29, 1.82) is 0 Å². The van der Waals surface area contributed by atoms with Gasteiger partial charge >= 0.3 is 6.18 Å². The van der Waals surface area contributed by atoms with E-state index in [1.807, 2.05) is 38.1 Å². The van der Waals surface area contributed by atoms with Gasteiger partial charge in [0, 0.05) is 17.1 Å². The quantitative estimate of drug-likeness (QED) is 0.608. The summed E-state index contributed by atoms with van der Waals surface area (Å²) in [5, 5.41) is 15.0. The maximum Gasteiger partial charge on any atom is 0.433 e. The Labute approximate surface area is 158 Å². The van der Waals surface area contributed by atoms with E-state index in [4.69, 9.17) is 0 Å². The Kier molecular flexibility index (Phi) is 6.82. The third-order valence-electron chi connectivity index (χ3n) is 3.70. The highest BCUT2D eigenvalue weighted by atomic mass is 79.9. The Hall–Kier alpha value is -1.87. The predicted octanol–water partition coefficient (Wildman–Crippen LogP) is 4.30. The van der Waals surface area contributed by atoms with Crippen molar-refractivity contribution >= 4 is 27.7 Å². The minimum Gasteiger partial charge on any atom is -0.394 e. The van der Waals surface area contributed by atoms with Crippen molar-refractivity contribution in [2.24, 2.45) is 5.92 Å². The van der Waals surface area contributed by atoms with Crippen molar-refractivity contribution in [3.8, 4) is 0 Å². The van der Waals surface area contributed by atoms with Gasteiger partial charge in [-0.3, -0.25) is 0 Å². The summed E-state index contributed by atoms with van der Waals surface area (Å²) in [6.45, 7) is 3.75. The first-order valence-corrected chi connectivity index (χ1v) is 8.80. The molecule has 0 bridgehead atoms. The van der Waals surface area contributed by atoms with Crippen molar-refractivity contribution in [2.75, 3.05) is 17.2 Å². The topological polar surface area (TPSA) is 70.1 Å². The molecular weight excluding hydrogens is 413 g/mol. The Bertz CT molecular complexity index is 740. The summed E-state index contributed by atoms with van der Waals surface area (Å²) in [5.74, 6) is -0.129. The first kappa shape index (κ1) is 20.4. The van der Waals surface area contributed by atoms with E-state index in [0.29, 0.717) is 6.54 Å². The predicted molar refractivity (Wildman–Crippen MR) is 97.8 cm³/mol.